The Labute approximate surface area is 148 Å². The van der Waals surface area contributed by atoms with Gasteiger partial charge < -0.3 is 15.3 Å². The number of hydrogen-bond acceptors (Lipinski definition) is 4. The molecule has 2 heterocycles. The van der Waals surface area contributed by atoms with Gasteiger partial charge in [0.05, 0.1) is 18.3 Å². The molecule has 1 aliphatic heterocycles. The summed E-state index contributed by atoms with van der Waals surface area (Å²) in [4.78, 5) is 26.0. The van der Waals surface area contributed by atoms with Gasteiger partial charge in [-0.25, -0.2) is 0 Å². The van der Waals surface area contributed by atoms with E-state index in [2.05, 4.69) is 10.4 Å². The summed E-state index contributed by atoms with van der Waals surface area (Å²) in [6, 6.07) is -0.0961. The van der Waals surface area contributed by atoms with Gasteiger partial charge in [0.2, 0.25) is 11.8 Å². The van der Waals surface area contributed by atoms with Gasteiger partial charge in [-0.2, -0.15) is 5.10 Å². The fourth-order valence-electron chi connectivity index (χ4n) is 3.75. The average Bonchev–Trinajstić information content (AvgIpc) is 2.98. The van der Waals surface area contributed by atoms with Crippen molar-refractivity contribution in [3.8, 4) is 0 Å². The summed E-state index contributed by atoms with van der Waals surface area (Å²) in [5.41, 5.74) is 0.985. The summed E-state index contributed by atoms with van der Waals surface area (Å²) in [6.07, 6.45) is 8.64. The van der Waals surface area contributed by atoms with Gasteiger partial charge in [0.25, 0.3) is 0 Å². The molecule has 0 radical (unpaired) electrons. The van der Waals surface area contributed by atoms with Gasteiger partial charge in [-0.1, -0.05) is 0 Å². The van der Waals surface area contributed by atoms with Gasteiger partial charge in [0.1, 0.15) is 0 Å². The molecule has 0 spiro atoms. The van der Waals surface area contributed by atoms with Gasteiger partial charge in [-0.3, -0.25) is 14.3 Å². The molecule has 2 fully saturated rings. The molecular weight excluding hydrogens is 320 g/mol. The number of likely N-dealkylation sites (tertiary alicyclic amines) is 1. The number of aryl methyl sites for hydroxylation is 1. The Morgan fingerprint density at radius 3 is 2.88 bits per heavy atom. The van der Waals surface area contributed by atoms with Crippen LogP contribution in [0.25, 0.3) is 0 Å². The fourth-order valence-corrected chi connectivity index (χ4v) is 3.75. The van der Waals surface area contributed by atoms with Crippen molar-refractivity contribution in [2.75, 3.05) is 13.1 Å². The SMILES string of the molecule is Cn1cc([C@H](NC(=O)CCCN2CCCCC2=O)C2CC(O)C2)cn1. The molecule has 0 unspecified atom stereocenters. The summed E-state index contributed by atoms with van der Waals surface area (Å²) < 4.78 is 1.73. The highest BCUT2D eigenvalue weighted by Gasteiger charge is 2.36. The van der Waals surface area contributed by atoms with Crippen LogP contribution in [0.15, 0.2) is 12.4 Å². The lowest BCUT2D eigenvalue weighted by molar-refractivity contribution is -0.133. The lowest BCUT2D eigenvalue weighted by Crippen LogP contribution is -2.41. The first-order chi connectivity index (χ1) is 12.0. The molecule has 25 heavy (non-hydrogen) atoms. The van der Waals surface area contributed by atoms with Crippen LogP contribution >= 0.6 is 0 Å². The summed E-state index contributed by atoms with van der Waals surface area (Å²) in [6.45, 7) is 1.48. The van der Waals surface area contributed by atoms with E-state index >= 15 is 0 Å². The van der Waals surface area contributed by atoms with Crippen LogP contribution < -0.4 is 5.32 Å². The smallest absolute Gasteiger partial charge is 0.222 e. The second kappa shape index (κ2) is 7.99. The maximum absolute atomic E-state index is 12.4. The predicted molar refractivity (Wildman–Crippen MR) is 92.5 cm³/mol. The summed E-state index contributed by atoms with van der Waals surface area (Å²) in [5.74, 6) is 0.467. The zero-order valence-electron chi connectivity index (χ0n) is 14.9. The van der Waals surface area contributed by atoms with Gasteiger partial charge in [0.15, 0.2) is 0 Å². The van der Waals surface area contributed by atoms with Crippen molar-refractivity contribution in [1.82, 2.24) is 20.0 Å². The number of aromatic nitrogens is 2. The van der Waals surface area contributed by atoms with Crippen LogP contribution in [-0.4, -0.2) is 50.8 Å². The van der Waals surface area contributed by atoms with Crippen LogP contribution in [0.2, 0.25) is 0 Å². The number of aliphatic hydroxyl groups excluding tert-OH is 1. The Morgan fingerprint density at radius 2 is 2.24 bits per heavy atom. The molecule has 2 aliphatic rings. The first-order valence-corrected chi connectivity index (χ1v) is 9.26. The number of carbonyl (C=O) groups excluding carboxylic acids is 2. The third-order valence-electron chi connectivity index (χ3n) is 5.27. The molecule has 7 heteroatoms. The highest BCUT2D eigenvalue weighted by molar-refractivity contribution is 5.77. The lowest BCUT2D eigenvalue weighted by Gasteiger charge is -2.37. The summed E-state index contributed by atoms with van der Waals surface area (Å²) in [5, 5.41) is 16.9. The molecule has 7 nitrogen and oxygen atoms in total. The minimum atomic E-state index is -0.258. The van der Waals surface area contributed by atoms with Crippen LogP contribution in [0.5, 0.6) is 0 Å². The van der Waals surface area contributed by atoms with Crippen molar-refractivity contribution in [1.29, 1.82) is 0 Å². The van der Waals surface area contributed by atoms with Crippen LogP contribution in [0.3, 0.4) is 0 Å². The molecule has 1 aliphatic carbocycles. The largest absolute Gasteiger partial charge is 0.393 e. The topological polar surface area (TPSA) is 87.5 Å². The molecule has 1 saturated carbocycles. The predicted octanol–water partition coefficient (Wildman–Crippen LogP) is 1.14. The van der Waals surface area contributed by atoms with E-state index in [-0.39, 0.29) is 29.9 Å². The molecule has 2 amide bonds. The van der Waals surface area contributed by atoms with Crippen LogP contribution in [0.4, 0.5) is 0 Å². The summed E-state index contributed by atoms with van der Waals surface area (Å²) in [7, 11) is 1.85. The van der Waals surface area contributed by atoms with E-state index in [0.717, 1.165) is 24.9 Å². The second-order valence-corrected chi connectivity index (χ2v) is 7.32. The molecule has 1 aromatic rings. The van der Waals surface area contributed by atoms with E-state index in [4.69, 9.17) is 0 Å². The number of hydrogen-bond donors (Lipinski definition) is 2. The zero-order valence-corrected chi connectivity index (χ0v) is 14.9. The Kier molecular flexibility index (Phi) is 5.73. The van der Waals surface area contributed by atoms with E-state index in [1.807, 2.05) is 18.1 Å². The summed E-state index contributed by atoms with van der Waals surface area (Å²) >= 11 is 0. The highest BCUT2D eigenvalue weighted by Crippen LogP contribution is 2.38. The minimum Gasteiger partial charge on any atom is -0.393 e. The number of nitrogens with zero attached hydrogens (tertiary/aromatic N) is 3. The van der Waals surface area contributed by atoms with Crippen molar-refractivity contribution in [2.45, 2.75) is 57.1 Å². The third kappa shape index (κ3) is 4.60. The molecule has 0 aromatic carbocycles. The second-order valence-electron chi connectivity index (χ2n) is 7.32. The number of carbonyl (C=O) groups is 2. The average molecular weight is 348 g/mol. The maximum Gasteiger partial charge on any atom is 0.222 e. The highest BCUT2D eigenvalue weighted by atomic mass is 16.3. The molecule has 1 aromatic heterocycles. The van der Waals surface area contributed by atoms with Gasteiger partial charge >= 0.3 is 0 Å². The molecule has 1 saturated heterocycles. The zero-order chi connectivity index (χ0) is 17.8. The number of piperidine rings is 1. The van der Waals surface area contributed by atoms with Gasteiger partial charge in [-0.15, -0.1) is 0 Å². The Balaban J connectivity index is 1.49. The fraction of sp³-hybridized carbons (Fsp3) is 0.722. The Morgan fingerprint density at radius 1 is 1.44 bits per heavy atom. The monoisotopic (exact) mass is 348 g/mol. The minimum absolute atomic E-state index is 0.000277. The maximum atomic E-state index is 12.4. The normalized spacial score (nSPS) is 24.7. The first-order valence-electron chi connectivity index (χ1n) is 9.26. The van der Waals surface area contributed by atoms with Crippen molar-refractivity contribution >= 4 is 11.8 Å². The molecule has 2 N–H and O–H groups in total. The van der Waals surface area contributed by atoms with Crippen molar-refractivity contribution in [3.63, 3.8) is 0 Å². The first kappa shape index (κ1) is 17.9. The van der Waals surface area contributed by atoms with Crippen LogP contribution in [-0.2, 0) is 16.6 Å². The van der Waals surface area contributed by atoms with E-state index < -0.39 is 0 Å². The van der Waals surface area contributed by atoms with E-state index in [1.165, 1.54) is 0 Å². The van der Waals surface area contributed by atoms with Crippen LogP contribution in [0.1, 0.15) is 56.6 Å². The standard InChI is InChI=1S/C18H28N4O3/c1-21-12-14(11-19-21)18(13-9-15(23)10-13)20-16(24)5-4-8-22-7-3-2-6-17(22)25/h11-13,15,18,23H,2-10H2,1H3,(H,20,24)/t13?,15?,18-/m1/s1. The van der Waals surface area contributed by atoms with Crippen molar-refractivity contribution in [2.24, 2.45) is 13.0 Å². The molecule has 0 bridgehead atoms. The number of amides is 2. The van der Waals surface area contributed by atoms with Crippen molar-refractivity contribution in [3.05, 3.63) is 18.0 Å². The van der Waals surface area contributed by atoms with E-state index in [9.17, 15) is 14.7 Å². The molecular formula is C18H28N4O3. The van der Waals surface area contributed by atoms with E-state index in [0.29, 0.717) is 38.6 Å². The van der Waals surface area contributed by atoms with Gasteiger partial charge in [-0.05, 0) is 38.0 Å². The molecule has 3 rings (SSSR count). The number of nitrogens with one attached hydrogen (secondary N) is 1. The van der Waals surface area contributed by atoms with Crippen molar-refractivity contribution < 1.29 is 14.7 Å². The molecule has 138 valence electrons. The van der Waals surface area contributed by atoms with Crippen LogP contribution in [0, 0.1) is 5.92 Å². The number of rotatable bonds is 7. The third-order valence-corrected chi connectivity index (χ3v) is 5.27. The Bertz CT molecular complexity index is 609. The quantitative estimate of drug-likeness (QED) is 0.773. The van der Waals surface area contributed by atoms with E-state index in [1.54, 1.807) is 10.9 Å². The molecule has 1 atom stereocenters. The lowest BCUT2D eigenvalue weighted by atomic mass is 9.75. The Hall–Kier alpha value is -1.89. The van der Waals surface area contributed by atoms with Gasteiger partial charge in [0, 0.05) is 44.7 Å². The number of aliphatic hydroxyl groups is 1.